The van der Waals surface area contributed by atoms with Crippen LogP contribution in [-0.4, -0.2) is 15.5 Å². The number of carbonyl (C=O) groups is 1. The zero-order valence-electron chi connectivity index (χ0n) is 16.1. The van der Waals surface area contributed by atoms with Crippen molar-refractivity contribution in [3.8, 4) is 6.07 Å². The van der Waals surface area contributed by atoms with Gasteiger partial charge in [-0.15, -0.1) is 0 Å². The number of hydrogen-bond donors (Lipinski definition) is 0. The summed E-state index contributed by atoms with van der Waals surface area (Å²) in [5.41, 5.74) is 3.68. The van der Waals surface area contributed by atoms with Gasteiger partial charge in [0.25, 0.3) is 0 Å². The highest BCUT2D eigenvalue weighted by Crippen LogP contribution is 2.20. The first-order valence-corrected chi connectivity index (χ1v) is 9.25. The highest BCUT2D eigenvalue weighted by molar-refractivity contribution is 6.29. The number of halogens is 1. The molecule has 27 heavy (non-hydrogen) atoms. The van der Waals surface area contributed by atoms with Gasteiger partial charge < -0.3 is 9.30 Å². The molecule has 2 aromatic heterocycles. The van der Waals surface area contributed by atoms with E-state index in [9.17, 15) is 10.1 Å². The molecule has 0 aromatic carbocycles. The van der Waals surface area contributed by atoms with Crippen LogP contribution in [0.15, 0.2) is 30.0 Å². The molecular weight excluding hydrogens is 362 g/mol. The summed E-state index contributed by atoms with van der Waals surface area (Å²) >= 11 is 5.73. The summed E-state index contributed by atoms with van der Waals surface area (Å²) in [7, 11) is 0. The van der Waals surface area contributed by atoms with Crippen molar-refractivity contribution in [3.63, 3.8) is 0 Å². The second kappa shape index (κ2) is 9.38. The minimum Gasteiger partial charge on any atom is -0.457 e. The quantitative estimate of drug-likeness (QED) is 0.295. The number of aromatic nitrogens is 2. The lowest BCUT2D eigenvalue weighted by Crippen LogP contribution is -2.07. The average Bonchev–Trinajstić information content (AvgIpc) is 2.90. The average molecular weight is 386 g/mol. The number of nitrogens with zero attached hydrogens (tertiary/aromatic N) is 3. The van der Waals surface area contributed by atoms with E-state index >= 15 is 0 Å². The van der Waals surface area contributed by atoms with Gasteiger partial charge in [-0.05, 0) is 50.0 Å². The Kier molecular flexibility index (Phi) is 7.20. The third-order valence-electron chi connectivity index (χ3n) is 4.34. The van der Waals surface area contributed by atoms with Crippen LogP contribution >= 0.6 is 11.6 Å². The van der Waals surface area contributed by atoms with Gasteiger partial charge in [0, 0.05) is 29.7 Å². The van der Waals surface area contributed by atoms with Crippen LogP contribution in [-0.2, 0) is 22.7 Å². The van der Waals surface area contributed by atoms with Crippen molar-refractivity contribution in [3.05, 3.63) is 57.6 Å². The summed E-state index contributed by atoms with van der Waals surface area (Å²) in [5.74, 6) is -0.0448. The lowest BCUT2D eigenvalue weighted by Gasteiger charge is -2.11. The van der Waals surface area contributed by atoms with Crippen LogP contribution in [0.3, 0.4) is 0 Å². The first-order chi connectivity index (χ1) is 12.8. The largest absolute Gasteiger partial charge is 0.457 e. The Hall–Kier alpha value is -2.58. The number of esters is 1. The molecule has 0 saturated carbocycles. The molecule has 2 heterocycles. The van der Waals surface area contributed by atoms with Crippen LogP contribution < -0.4 is 0 Å². The van der Waals surface area contributed by atoms with Crippen LogP contribution in [0, 0.1) is 31.1 Å². The highest BCUT2D eigenvalue weighted by atomic mass is 35.5. The standard InChI is InChI=1S/C21H24ClN3O2/c1-14(2)7-8-25-15(3)9-18(16(25)4)10-19(11-23)21(26)27-13-17-5-6-20(22)24-12-17/h5-6,9-10,12,14H,7-8,13H2,1-4H3/b19-10+. The normalized spacial score (nSPS) is 11.5. The van der Waals surface area contributed by atoms with Gasteiger partial charge in [0.1, 0.15) is 23.4 Å². The maximum atomic E-state index is 12.3. The van der Waals surface area contributed by atoms with E-state index in [1.807, 2.05) is 26.0 Å². The number of ether oxygens (including phenoxy) is 1. The topological polar surface area (TPSA) is 67.9 Å². The molecule has 0 aliphatic rings. The molecule has 0 N–H and O–H groups in total. The zero-order valence-corrected chi connectivity index (χ0v) is 16.9. The Labute approximate surface area is 165 Å². The number of aryl methyl sites for hydroxylation is 1. The number of nitriles is 1. The summed E-state index contributed by atoms with van der Waals surface area (Å²) in [6, 6.07) is 7.28. The Morgan fingerprint density at radius 1 is 1.41 bits per heavy atom. The van der Waals surface area contributed by atoms with Crippen molar-refractivity contribution in [2.45, 2.75) is 47.3 Å². The molecular formula is C21H24ClN3O2. The molecule has 0 atom stereocenters. The molecule has 0 unspecified atom stereocenters. The fourth-order valence-electron chi connectivity index (χ4n) is 2.72. The van der Waals surface area contributed by atoms with Gasteiger partial charge in [0.05, 0.1) is 0 Å². The molecule has 5 nitrogen and oxygen atoms in total. The maximum Gasteiger partial charge on any atom is 0.349 e. The summed E-state index contributed by atoms with van der Waals surface area (Å²) < 4.78 is 7.44. The maximum absolute atomic E-state index is 12.3. The highest BCUT2D eigenvalue weighted by Gasteiger charge is 2.14. The molecule has 142 valence electrons. The van der Waals surface area contributed by atoms with E-state index in [2.05, 4.69) is 23.4 Å². The van der Waals surface area contributed by atoms with Crippen molar-refractivity contribution in [1.29, 1.82) is 5.26 Å². The van der Waals surface area contributed by atoms with Crippen LogP contribution in [0.1, 0.15) is 42.8 Å². The van der Waals surface area contributed by atoms with Gasteiger partial charge in [-0.2, -0.15) is 5.26 Å². The molecule has 2 rings (SSSR count). The summed E-state index contributed by atoms with van der Waals surface area (Å²) in [4.78, 5) is 16.2. The molecule has 6 heteroatoms. The second-order valence-corrected chi connectivity index (χ2v) is 7.28. The predicted molar refractivity (Wildman–Crippen MR) is 106 cm³/mol. The van der Waals surface area contributed by atoms with Crippen molar-refractivity contribution >= 4 is 23.6 Å². The van der Waals surface area contributed by atoms with Gasteiger partial charge in [0.2, 0.25) is 0 Å². The van der Waals surface area contributed by atoms with Crippen LogP contribution in [0.25, 0.3) is 6.08 Å². The van der Waals surface area contributed by atoms with E-state index < -0.39 is 5.97 Å². The lowest BCUT2D eigenvalue weighted by molar-refractivity contribution is -0.139. The Balaban J connectivity index is 2.13. The smallest absolute Gasteiger partial charge is 0.349 e. The van der Waals surface area contributed by atoms with Crippen molar-refractivity contribution < 1.29 is 9.53 Å². The van der Waals surface area contributed by atoms with Gasteiger partial charge in [-0.1, -0.05) is 31.5 Å². The molecule has 0 amide bonds. The number of pyridine rings is 1. The summed E-state index contributed by atoms with van der Waals surface area (Å²) in [6.07, 6.45) is 4.20. The van der Waals surface area contributed by atoms with Gasteiger partial charge in [-0.3, -0.25) is 0 Å². The molecule has 0 aliphatic heterocycles. The molecule has 0 aliphatic carbocycles. The second-order valence-electron chi connectivity index (χ2n) is 6.90. The molecule has 0 bridgehead atoms. The SMILES string of the molecule is Cc1cc(/C=C(\C#N)C(=O)OCc2ccc(Cl)nc2)c(C)n1CCC(C)C. The number of hydrogen-bond acceptors (Lipinski definition) is 4. The fourth-order valence-corrected chi connectivity index (χ4v) is 2.83. The van der Waals surface area contributed by atoms with Crippen molar-refractivity contribution in [2.24, 2.45) is 5.92 Å². The lowest BCUT2D eigenvalue weighted by atomic mass is 10.1. The van der Waals surface area contributed by atoms with E-state index in [0.717, 1.165) is 29.9 Å². The Morgan fingerprint density at radius 3 is 2.74 bits per heavy atom. The minimum absolute atomic E-state index is 0.0268. The van der Waals surface area contributed by atoms with Crippen molar-refractivity contribution in [1.82, 2.24) is 9.55 Å². The third kappa shape index (κ3) is 5.70. The Morgan fingerprint density at radius 2 is 2.15 bits per heavy atom. The molecule has 0 spiro atoms. The minimum atomic E-state index is -0.653. The fraction of sp³-hybridized carbons (Fsp3) is 0.381. The molecule has 0 fully saturated rings. The molecule has 0 radical (unpaired) electrons. The third-order valence-corrected chi connectivity index (χ3v) is 4.57. The van der Waals surface area contributed by atoms with Crippen LogP contribution in [0.5, 0.6) is 0 Å². The van der Waals surface area contributed by atoms with Crippen molar-refractivity contribution in [2.75, 3.05) is 0 Å². The van der Waals surface area contributed by atoms with Gasteiger partial charge in [-0.25, -0.2) is 9.78 Å². The van der Waals surface area contributed by atoms with Crippen LogP contribution in [0.2, 0.25) is 5.15 Å². The molecule has 0 saturated heterocycles. The Bertz CT molecular complexity index is 874. The summed E-state index contributed by atoms with van der Waals surface area (Å²) in [6.45, 7) is 9.36. The van der Waals surface area contributed by atoms with Gasteiger partial charge >= 0.3 is 5.97 Å². The van der Waals surface area contributed by atoms with E-state index in [1.54, 1.807) is 18.2 Å². The number of carbonyl (C=O) groups excluding carboxylic acids is 1. The first-order valence-electron chi connectivity index (χ1n) is 8.88. The van der Waals surface area contributed by atoms with E-state index in [4.69, 9.17) is 16.3 Å². The summed E-state index contributed by atoms with van der Waals surface area (Å²) in [5, 5.41) is 9.75. The monoisotopic (exact) mass is 385 g/mol. The molecule has 2 aromatic rings. The van der Waals surface area contributed by atoms with Crippen LogP contribution in [0.4, 0.5) is 0 Å². The zero-order chi connectivity index (χ0) is 20.0. The van der Waals surface area contributed by atoms with E-state index in [1.165, 1.54) is 6.20 Å². The first kappa shape index (κ1) is 20.7. The van der Waals surface area contributed by atoms with Gasteiger partial charge in [0.15, 0.2) is 0 Å². The van der Waals surface area contributed by atoms with E-state index in [-0.39, 0.29) is 12.2 Å². The van der Waals surface area contributed by atoms with E-state index in [0.29, 0.717) is 16.6 Å². The number of rotatable bonds is 7. The predicted octanol–water partition coefficient (Wildman–Crippen LogP) is 4.85.